The fourth-order valence-corrected chi connectivity index (χ4v) is 6.44. The molecule has 252 valence electrons. The Hall–Kier alpha value is -2.92. The summed E-state index contributed by atoms with van der Waals surface area (Å²) < 4.78 is 27.0. The van der Waals surface area contributed by atoms with E-state index in [9.17, 15) is 9.90 Å². The van der Waals surface area contributed by atoms with Crippen LogP contribution in [0.3, 0.4) is 0 Å². The van der Waals surface area contributed by atoms with Gasteiger partial charge < -0.3 is 29.0 Å². The fraction of sp³-hybridized carbons (Fsp3) is 0.629. The molecule has 3 aromatic rings. The molecule has 0 radical (unpaired) electrons. The Bertz CT molecular complexity index is 1540. The van der Waals surface area contributed by atoms with Gasteiger partial charge >= 0.3 is 5.97 Å². The molecule has 1 N–H and O–H groups in total. The largest absolute Gasteiger partial charge is 0.490 e. The molecule has 3 aliphatic rings. The van der Waals surface area contributed by atoms with Gasteiger partial charge in [-0.05, 0) is 98.3 Å². The number of anilines is 1. The molecule has 5 heterocycles. The van der Waals surface area contributed by atoms with E-state index in [4.69, 9.17) is 40.6 Å². The van der Waals surface area contributed by atoms with Crippen molar-refractivity contribution in [1.82, 2.24) is 14.6 Å². The number of aryl methyl sites for hydroxylation is 2. The zero-order valence-electron chi connectivity index (χ0n) is 28.3. The molecule has 46 heavy (non-hydrogen) atoms. The summed E-state index contributed by atoms with van der Waals surface area (Å²) in [6, 6.07) is 5.79. The number of rotatable bonds is 3. The Morgan fingerprint density at radius 3 is 2.57 bits per heavy atom. The predicted molar refractivity (Wildman–Crippen MR) is 178 cm³/mol. The number of fused-ring (bicyclic) bond motifs is 11. The van der Waals surface area contributed by atoms with Crippen LogP contribution in [-0.4, -0.2) is 62.7 Å². The SMILES string of the molecule is Cc1cc2c(cc1Cl)COCc1cc3nc(C)c(C(OC(C)(C)C)C(=O)O)c(n3n1)N1CCC(C)(CC1)OCCCCCC(C)O2. The summed E-state index contributed by atoms with van der Waals surface area (Å²) in [6.45, 7) is 16.3. The smallest absolute Gasteiger partial charge is 0.337 e. The number of carboxylic acids is 1. The van der Waals surface area contributed by atoms with Crippen molar-refractivity contribution in [2.75, 3.05) is 24.6 Å². The van der Waals surface area contributed by atoms with E-state index in [0.29, 0.717) is 59.7 Å². The van der Waals surface area contributed by atoms with Gasteiger partial charge in [-0.2, -0.15) is 9.61 Å². The molecule has 0 saturated carbocycles. The van der Waals surface area contributed by atoms with Crippen LogP contribution in [0.5, 0.6) is 5.75 Å². The maximum absolute atomic E-state index is 12.7. The van der Waals surface area contributed by atoms with Crippen LogP contribution < -0.4 is 9.64 Å². The molecule has 4 bridgehead atoms. The minimum absolute atomic E-state index is 0.0495. The van der Waals surface area contributed by atoms with Gasteiger partial charge in [-0.1, -0.05) is 18.0 Å². The molecule has 1 fully saturated rings. The maximum Gasteiger partial charge on any atom is 0.337 e. The third-order valence-corrected chi connectivity index (χ3v) is 9.22. The molecule has 11 heteroatoms. The Morgan fingerprint density at radius 2 is 1.87 bits per heavy atom. The highest BCUT2D eigenvalue weighted by molar-refractivity contribution is 6.31. The van der Waals surface area contributed by atoms with Crippen molar-refractivity contribution in [1.29, 1.82) is 0 Å². The summed E-state index contributed by atoms with van der Waals surface area (Å²) in [5.41, 5.74) is 3.29. The van der Waals surface area contributed by atoms with Gasteiger partial charge in [0.15, 0.2) is 11.8 Å². The van der Waals surface area contributed by atoms with Gasteiger partial charge in [0.1, 0.15) is 11.6 Å². The van der Waals surface area contributed by atoms with Crippen LogP contribution in [-0.2, 0) is 32.2 Å². The maximum atomic E-state index is 12.7. The number of aliphatic carboxylic acids is 1. The molecule has 10 nitrogen and oxygen atoms in total. The third-order valence-electron chi connectivity index (χ3n) is 8.82. The number of carboxylic acid groups (broad SMARTS) is 1. The second-order valence-corrected chi connectivity index (χ2v) is 14.5. The number of hydrogen-bond donors (Lipinski definition) is 1. The van der Waals surface area contributed by atoms with E-state index in [1.54, 1.807) is 4.52 Å². The van der Waals surface area contributed by atoms with Crippen LogP contribution in [0.25, 0.3) is 5.65 Å². The molecule has 2 unspecified atom stereocenters. The van der Waals surface area contributed by atoms with Gasteiger partial charge in [-0.25, -0.2) is 9.78 Å². The number of ether oxygens (including phenoxy) is 4. The molecule has 3 aliphatic heterocycles. The Kier molecular flexibility index (Phi) is 10.5. The second-order valence-electron chi connectivity index (χ2n) is 14.1. The first kappa shape index (κ1) is 34.4. The van der Waals surface area contributed by atoms with Gasteiger partial charge in [0.05, 0.1) is 41.8 Å². The van der Waals surface area contributed by atoms with Crippen molar-refractivity contribution < 1.29 is 28.8 Å². The zero-order chi connectivity index (χ0) is 33.2. The Labute approximate surface area is 277 Å². The number of benzene rings is 1. The molecule has 0 spiro atoms. The van der Waals surface area contributed by atoms with Crippen LogP contribution >= 0.6 is 11.6 Å². The molecular weight excluding hydrogens is 608 g/mol. The average molecular weight is 657 g/mol. The van der Waals surface area contributed by atoms with Crippen LogP contribution in [0.15, 0.2) is 18.2 Å². The number of halogens is 1. The lowest BCUT2D eigenvalue weighted by molar-refractivity contribution is -0.160. The normalized spacial score (nSPS) is 22.7. The van der Waals surface area contributed by atoms with Crippen LogP contribution in [0.1, 0.15) is 107 Å². The number of piperidine rings is 1. The van der Waals surface area contributed by atoms with Gasteiger partial charge in [0, 0.05) is 42.0 Å². The van der Waals surface area contributed by atoms with Gasteiger partial charge in [-0.3, -0.25) is 0 Å². The minimum Gasteiger partial charge on any atom is -0.490 e. The average Bonchev–Trinajstić information content (AvgIpc) is 3.37. The molecule has 0 aliphatic carbocycles. The molecule has 1 aromatic carbocycles. The van der Waals surface area contributed by atoms with Crippen molar-refractivity contribution in [3.05, 3.63) is 51.3 Å². The first-order valence-electron chi connectivity index (χ1n) is 16.4. The first-order valence-corrected chi connectivity index (χ1v) is 16.8. The zero-order valence-corrected chi connectivity index (χ0v) is 29.1. The van der Waals surface area contributed by atoms with E-state index in [-0.39, 0.29) is 18.3 Å². The lowest BCUT2D eigenvalue weighted by Crippen LogP contribution is -2.46. The monoisotopic (exact) mass is 656 g/mol. The first-order chi connectivity index (χ1) is 21.7. The quantitative estimate of drug-likeness (QED) is 0.309. The van der Waals surface area contributed by atoms with E-state index in [1.807, 2.05) is 52.8 Å². The van der Waals surface area contributed by atoms with Crippen LogP contribution in [0.4, 0.5) is 5.82 Å². The molecule has 6 rings (SSSR count). The van der Waals surface area contributed by atoms with E-state index < -0.39 is 17.7 Å². The predicted octanol–water partition coefficient (Wildman–Crippen LogP) is 7.37. The summed E-state index contributed by atoms with van der Waals surface area (Å²) in [5.74, 6) is 0.398. The second kappa shape index (κ2) is 14.1. The molecular formula is C35H49ClN4O6. The molecule has 2 atom stereocenters. The Balaban J connectivity index is 1.54. The van der Waals surface area contributed by atoms with Crippen molar-refractivity contribution >= 4 is 29.0 Å². The highest BCUT2D eigenvalue weighted by Gasteiger charge is 2.37. The topological polar surface area (TPSA) is 108 Å². The van der Waals surface area contributed by atoms with Gasteiger partial charge in [-0.15, -0.1) is 0 Å². The van der Waals surface area contributed by atoms with Crippen molar-refractivity contribution in [3.8, 4) is 5.75 Å². The van der Waals surface area contributed by atoms with E-state index in [0.717, 1.165) is 55.4 Å². The number of aromatic nitrogens is 3. The number of hydrogen-bond acceptors (Lipinski definition) is 8. The lowest BCUT2D eigenvalue weighted by Gasteiger charge is -2.41. The lowest BCUT2D eigenvalue weighted by atomic mass is 9.92. The van der Waals surface area contributed by atoms with Gasteiger partial charge in [0.2, 0.25) is 0 Å². The molecule has 0 amide bonds. The summed E-state index contributed by atoms with van der Waals surface area (Å²) >= 11 is 6.51. The van der Waals surface area contributed by atoms with E-state index in [1.165, 1.54) is 0 Å². The van der Waals surface area contributed by atoms with Crippen molar-refractivity contribution in [2.24, 2.45) is 0 Å². The molecule has 1 saturated heterocycles. The third kappa shape index (κ3) is 8.13. The van der Waals surface area contributed by atoms with Crippen LogP contribution in [0.2, 0.25) is 5.02 Å². The standard InChI is InChI=1S/C35H49ClN4O6/c1-22-17-28-25(18-27(22)36)20-43-21-26-19-29-37-24(3)30(31(33(41)42)46-34(4,5)6)32(40(29)38-26)39-14-12-35(7,13-15-39)44-16-10-8-9-11-23(2)45-28/h17-19,23,31H,8-16,20-21H2,1-7H3,(H,41,42). The summed E-state index contributed by atoms with van der Waals surface area (Å²) in [4.78, 5) is 19.7. The van der Waals surface area contributed by atoms with Crippen LogP contribution in [0, 0.1) is 13.8 Å². The number of carbonyl (C=O) groups is 1. The summed E-state index contributed by atoms with van der Waals surface area (Å²) in [5, 5.41) is 16.0. The van der Waals surface area contributed by atoms with Crippen molar-refractivity contribution in [2.45, 2.75) is 124 Å². The summed E-state index contributed by atoms with van der Waals surface area (Å²) in [7, 11) is 0. The highest BCUT2D eigenvalue weighted by Crippen LogP contribution is 2.38. The summed E-state index contributed by atoms with van der Waals surface area (Å²) in [6.07, 6.45) is 4.48. The van der Waals surface area contributed by atoms with E-state index in [2.05, 4.69) is 18.7 Å². The molecule has 2 aromatic heterocycles. The van der Waals surface area contributed by atoms with E-state index >= 15 is 0 Å². The van der Waals surface area contributed by atoms with Gasteiger partial charge in [0.25, 0.3) is 0 Å². The number of nitrogens with zero attached hydrogens (tertiary/aromatic N) is 4. The Morgan fingerprint density at radius 1 is 1.13 bits per heavy atom. The van der Waals surface area contributed by atoms with Crippen molar-refractivity contribution in [3.63, 3.8) is 0 Å². The highest BCUT2D eigenvalue weighted by atomic mass is 35.5. The minimum atomic E-state index is -1.22. The fourth-order valence-electron chi connectivity index (χ4n) is 6.26.